The van der Waals surface area contributed by atoms with Gasteiger partial charge in [0.05, 0.1) is 25.4 Å². The fourth-order valence-electron chi connectivity index (χ4n) is 13.6. The van der Waals surface area contributed by atoms with E-state index >= 15 is 0 Å². The summed E-state index contributed by atoms with van der Waals surface area (Å²) in [4.78, 5) is 24.7. The Kier molecular flexibility index (Phi) is 79.3. The lowest BCUT2D eigenvalue weighted by Crippen LogP contribution is -2.45. The number of esters is 1. The molecule has 0 fully saturated rings. The SMILES string of the molecule is CCCCCCCC/C=C\CCCCCCCCCCCC(=O)OCCCCCCCCCCCCCCCCCCCCCCCCCCCCCCCCCCCCCC(=O)NC(CO)C(O)/C=C/CCCCCCCCCCCCCCCCCCCC. The highest BCUT2D eigenvalue weighted by molar-refractivity contribution is 5.76. The van der Waals surface area contributed by atoms with Crippen molar-refractivity contribution in [3.8, 4) is 0 Å². The minimum absolute atomic E-state index is 0.0231. The van der Waals surface area contributed by atoms with Crippen molar-refractivity contribution in [3.63, 3.8) is 0 Å². The summed E-state index contributed by atoms with van der Waals surface area (Å²) in [5.74, 6) is -0.0346. The van der Waals surface area contributed by atoms with Crippen molar-refractivity contribution < 1.29 is 24.5 Å². The molecule has 0 aromatic heterocycles. The van der Waals surface area contributed by atoms with Crippen LogP contribution >= 0.6 is 0 Å². The van der Waals surface area contributed by atoms with Crippen LogP contribution in [0.1, 0.15) is 483 Å². The Labute approximate surface area is 571 Å². The molecule has 0 aliphatic rings. The summed E-state index contributed by atoms with van der Waals surface area (Å²) in [5, 5.41) is 23.3. The zero-order valence-corrected chi connectivity index (χ0v) is 62.1. The standard InChI is InChI=1S/C85H165NO5/c1-3-5-7-9-11-13-15-17-19-21-23-42-45-49-53-57-61-65-69-73-77-83(88)82(81-87)86-84(89)78-74-70-66-62-58-54-50-46-43-39-37-35-33-31-29-27-25-24-26-28-30-32-34-36-38-40-44-48-52-56-60-64-68-72-76-80-91-85(90)79-75-71-67-63-59-55-51-47-41-22-20-18-16-14-12-10-8-6-4-2/h18,20,73,77,82-83,87-88H,3-17,19,21-72,74-76,78-81H2,1-2H3,(H,86,89)/b20-18-,77-73+. The van der Waals surface area contributed by atoms with Crippen LogP contribution in [0.3, 0.4) is 0 Å². The van der Waals surface area contributed by atoms with E-state index in [9.17, 15) is 19.8 Å². The van der Waals surface area contributed by atoms with E-state index in [1.165, 1.54) is 417 Å². The molecule has 6 heteroatoms. The van der Waals surface area contributed by atoms with Crippen molar-refractivity contribution >= 4 is 11.9 Å². The summed E-state index contributed by atoms with van der Waals surface area (Å²) in [6.45, 7) is 4.96. The van der Waals surface area contributed by atoms with Crippen LogP contribution in [-0.4, -0.2) is 47.4 Å². The first kappa shape index (κ1) is 89.3. The number of nitrogens with one attached hydrogen (secondary N) is 1. The summed E-state index contributed by atoms with van der Waals surface area (Å²) in [6, 6.07) is -0.624. The Morgan fingerprint density at radius 2 is 0.516 bits per heavy atom. The number of hydrogen-bond acceptors (Lipinski definition) is 5. The molecule has 0 heterocycles. The van der Waals surface area contributed by atoms with Gasteiger partial charge in [-0.2, -0.15) is 0 Å². The molecule has 0 saturated heterocycles. The summed E-state index contributed by atoms with van der Waals surface area (Å²) in [5.41, 5.74) is 0. The summed E-state index contributed by atoms with van der Waals surface area (Å²) in [7, 11) is 0. The third-order valence-corrected chi connectivity index (χ3v) is 20.0. The number of carbonyl (C=O) groups excluding carboxylic acids is 2. The molecule has 1 amide bonds. The van der Waals surface area contributed by atoms with Gasteiger partial charge < -0.3 is 20.3 Å². The number of unbranched alkanes of at least 4 members (excludes halogenated alkanes) is 67. The zero-order chi connectivity index (χ0) is 65.6. The van der Waals surface area contributed by atoms with E-state index in [1.54, 1.807) is 6.08 Å². The second kappa shape index (κ2) is 80.8. The van der Waals surface area contributed by atoms with Gasteiger partial charge in [0.2, 0.25) is 5.91 Å². The van der Waals surface area contributed by atoms with Crippen molar-refractivity contribution in [3.05, 3.63) is 24.3 Å². The average Bonchev–Trinajstić information content (AvgIpc) is 3.74. The molecule has 91 heavy (non-hydrogen) atoms. The summed E-state index contributed by atoms with van der Waals surface area (Å²) in [6.07, 6.45) is 105. The molecule has 0 aliphatic carbocycles. The molecule has 6 nitrogen and oxygen atoms in total. The molecule has 0 bridgehead atoms. The largest absolute Gasteiger partial charge is 0.466 e. The Hall–Kier alpha value is -1.66. The van der Waals surface area contributed by atoms with Gasteiger partial charge in [0.25, 0.3) is 0 Å². The number of rotatable bonds is 80. The fourth-order valence-corrected chi connectivity index (χ4v) is 13.6. The Balaban J connectivity index is 3.32. The molecule has 3 N–H and O–H groups in total. The topological polar surface area (TPSA) is 95.9 Å². The van der Waals surface area contributed by atoms with Crippen LogP contribution in [-0.2, 0) is 14.3 Å². The third-order valence-electron chi connectivity index (χ3n) is 20.0. The molecular weight excluding hydrogens is 1110 g/mol. The molecule has 2 unspecified atom stereocenters. The second-order valence-electron chi connectivity index (χ2n) is 29.2. The number of aliphatic hydroxyl groups is 2. The second-order valence-corrected chi connectivity index (χ2v) is 29.2. The Morgan fingerprint density at radius 3 is 0.780 bits per heavy atom. The van der Waals surface area contributed by atoms with Gasteiger partial charge in [0.15, 0.2) is 0 Å². The van der Waals surface area contributed by atoms with E-state index in [2.05, 4.69) is 31.3 Å². The quantitative estimate of drug-likeness (QED) is 0.0320. The van der Waals surface area contributed by atoms with Gasteiger partial charge in [-0.15, -0.1) is 0 Å². The molecule has 0 aliphatic heterocycles. The Bertz CT molecular complexity index is 1430. The molecule has 0 saturated carbocycles. The van der Waals surface area contributed by atoms with Crippen molar-refractivity contribution in [1.82, 2.24) is 5.32 Å². The Morgan fingerprint density at radius 1 is 0.297 bits per heavy atom. The smallest absolute Gasteiger partial charge is 0.305 e. The minimum atomic E-state index is -0.841. The van der Waals surface area contributed by atoms with Gasteiger partial charge in [0, 0.05) is 12.8 Å². The van der Waals surface area contributed by atoms with Gasteiger partial charge in [-0.1, -0.05) is 436 Å². The maximum absolute atomic E-state index is 12.5. The molecule has 0 aromatic carbocycles. The summed E-state index contributed by atoms with van der Waals surface area (Å²) < 4.78 is 5.52. The zero-order valence-electron chi connectivity index (χ0n) is 62.1. The molecule has 0 radical (unpaired) electrons. The lowest BCUT2D eigenvalue weighted by molar-refractivity contribution is -0.143. The highest BCUT2D eigenvalue weighted by Crippen LogP contribution is 2.21. The van der Waals surface area contributed by atoms with E-state index in [0.717, 1.165) is 38.5 Å². The first-order valence-corrected chi connectivity index (χ1v) is 42.1. The number of carbonyl (C=O) groups is 2. The third kappa shape index (κ3) is 77.2. The molecule has 0 spiro atoms. The van der Waals surface area contributed by atoms with Crippen molar-refractivity contribution in [2.45, 2.75) is 495 Å². The fraction of sp³-hybridized carbons (Fsp3) is 0.929. The monoisotopic (exact) mass is 1280 g/mol. The first-order valence-electron chi connectivity index (χ1n) is 42.1. The number of amides is 1. The maximum Gasteiger partial charge on any atom is 0.305 e. The van der Waals surface area contributed by atoms with Crippen LogP contribution in [0.25, 0.3) is 0 Å². The predicted molar refractivity (Wildman–Crippen MR) is 403 cm³/mol. The van der Waals surface area contributed by atoms with Gasteiger partial charge in [-0.25, -0.2) is 0 Å². The predicted octanol–water partition coefficient (Wildman–Crippen LogP) is 28.0. The molecule has 540 valence electrons. The van der Waals surface area contributed by atoms with Crippen LogP contribution in [0.15, 0.2) is 24.3 Å². The van der Waals surface area contributed by atoms with Crippen LogP contribution < -0.4 is 5.32 Å². The number of hydrogen-bond donors (Lipinski definition) is 3. The number of aliphatic hydroxyl groups excluding tert-OH is 2. The van der Waals surface area contributed by atoms with Crippen LogP contribution in [0, 0.1) is 0 Å². The van der Waals surface area contributed by atoms with E-state index < -0.39 is 12.1 Å². The van der Waals surface area contributed by atoms with Crippen molar-refractivity contribution in [2.75, 3.05) is 13.2 Å². The lowest BCUT2D eigenvalue weighted by Gasteiger charge is -2.20. The molecule has 0 rings (SSSR count). The van der Waals surface area contributed by atoms with Crippen molar-refractivity contribution in [2.24, 2.45) is 0 Å². The molecular formula is C85H165NO5. The lowest BCUT2D eigenvalue weighted by atomic mass is 10.0. The highest BCUT2D eigenvalue weighted by Gasteiger charge is 2.18. The van der Waals surface area contributed by atoms with Crippen molar-refractivity contribution in [1.29, 1.82) is 0 Å². The van der Waals surface area contributed by atoms with E-state index in [4.69, 9.17) is 4.74 Å². The average molecular weight is 1280 g/mol. The maximum atomic E-state index is 12.5. The highest BCUT2D eigenvalue weighted by atomic mass is 16.5. The molecule has 2 atom stereocenters. The van der Waals surface area contributed by atoms with E-state index in [0.29, 0.717) is 19.4 Å². The minimum Gasteiger partial charge on any atom is -0.466 e. The van der Waals surface area contributed by atoms with Gasteiger partial charge in [-0.05, 0) is 57.8 Å². The van der Waals surface area contributed by atoms with Gasteiger partial charge in [0.1, 0.15) is 0 Å². The van der Waals surface area contributed by atoms with E-state index in [-0.39, 0.29) is 18.5 Å². The van der Waals surface area contributed by atoms with Gasteiger partial charge >= 0.3 is 5.97 Å². The number of allylic oxidation sites excluding steroid dienone is 3. The van der Waals surface area contributed by atoms with Gasteiger partial charge in [-0.3, -0.25) is 9.59 Å². The number of ether oxygens (including phenoxy) is 1. The normalized spacial score (nSPS) is 12.5. The van der Waals surface area contributed by atoms with Crippen LogP contribution in [0.2, 0.25) is 0 Å². The molecule has 0 aromatic rings. The van der Waals surface area contributed by atoms with Crippen LogP contribution in [0.4, 0.5) is 0 Å². The first-order chi connectivity index (χ1) is 45.0. The summed E-state index contributed by atoms with van der Waals surface area (Å²) >= 11 is 0. The van der Waals surface area contributed by atoms with E-state index in [1.807, 2.05) is 6.08 Å². The van der Waals surface area contributed by atoms with Crippen LogP contribution in [0.5, 0.6) is 0 Å².